The number of carboxylic acids is 1. The number of ether oxygens (including phenoxy) is 1. The third-order valence-corrected chi connectivity index (χ3v) is 8.77. The summed E-state index contributed by atoms with van der Waals surface area (Å²) >= 11 is 0. The summed E-state index contributed by atoms with van der Waals surface area (Å²) in [5.41, 5.74) is 0.320. The Morgan fingerprint density at radius 2 is 1.51 bits per heavy atom. The van der Waals surface area contributed by atoms with Crippen molar-refractivity contribution in [2.75, 3.05) is 19.9 Å². The van der Waals surface area contributed by atoms with Gasteiger partial charge < -0.3 is 48.0 Å². The molecule has 1 aliphatic rings. The number of benzene rings is 1. The van der Waals surface area contributed by atoms with Gasteiger partial charge in [0.1, 0.15) is 18.9 Å². The van der Waals surface area contributed by atoms with Crippen molar-refractivity contribution in [2.45, 2.75) is 110 Å². The van der Waals surface area contributed by atoms with E-state index in [1.807, 2.05) is 20.8 Å². The number of hydrogen-bond acceptors (Lipinski definition) is 9. The number of nitrogens with one attached hydrogen (secondary N) is 5. The molecule has 5 atom stereocenters. The largest absolute Gasteiger partial charge is 0.479 e. The van der Waals surface area contributed by atoms with Crippen molar-refractivity contribution in [1.29, 1.82) is 0 Å². The van der Waals surface area contributed by atoms with Gasteiger partial charge in [-0.3, -0.25) is 28.8 Å². The van der Waals surface area contributed by atoms with Gasteiger partial charge in [-0.25, -0.2) is 4.79 Å². The number of aliphatic hydroxyl groups is 1. The zero-order chi connectivity index (χ0) is 38.6. The zero-order valence-corrected chi connectivity index (χ0v) is 34.1. The molecule has 2 unspecified atom stereocenters. The summed E-state index contributed by atoms with van der Waals surface area (Å²) in [6.45, 7) is 6.46. The number of ketones is 1. The Hall–Kier alpha value is -3.27. The molecule has 2 rings (SSSR count). The second-order valence-electron chi connectivity index (χ2n) is 13.7. The van der Waals surface area contributed by atoms with E-state index < -0.39 is 72.9 Å². The van der Waals surface area contributed by atoms with Gasteiger partial charge in [0.2, 0.25) is 23.5 Å². The Balaban J connectivity index is 0.0000140. The van der Waals surface area contributed by atoms with Crippen LogP contribution in [0.25, 0.3) is 0 Å². The van der Waals surface area contributed by atoms with Crippen LogP contribution in [0.5, 0.6) is 0 Å². The molecule has 0 spiro atoms. The maximum atomic E-state index is 13.8. The van der Waals surface area contributed by atoms with Crippen LogP contribution >= 0.6 is 0 Å². The van der Waals surface area contributed by atoms with Crippen molar-refractivity contribution in [3.8, 4) is 0 Å². The quantitative estimate of drug-likeness (QED) is 0.0480. The van der Waals surface area contributed by atoms with E-state index in [9.17, 15) is 38.7 Å². The minimum atomic E-state index is -1.37. The molecule has 16 heteroatoms. The number of carbonyl (C=O) groups is 7. The van der Waals surface area contributed by atoms with Crippen LogP contribution in [0.1, 0.15) is 97.1 Å². The smallest absolute Gasteiger partial charge is 0.330 e. The Kier molecular flexibility index (Phi) is 23.2. The molecule has 1 aromatic rings. The Labute approximate surface area is 337 Å². The molecule has 5 amide bonds. The molecule has 0 saturated heterocycles. The fraction of sp³-hybridized carbons (Fsp3) is 0.622. The summed E-state index contributed by atoms with van der Waals surface area (Å²) < 4.78 is 4.98. The molecule has 293 valence electrons. The van der Waals surface area contributed by atoms with Crippen LogP contribution in [-0.2, 0) is 71.0 Å². The SMILES string of the molecule is CCCC(NC(=O)[C@H](CC(C)C)NC(=O)[C@@H](NC(=O)C[CH-]C(C)COCO)C1CCCCC1)C(=O)C(=O)NCC(=O)N[C@H](C(=O)O)c1ccccc1.[Y]. The van der Waals surface area contributed by atoms with Crippen LogP contribution in [0.4, 0.5) is 0 Å². The first-order valence-electron chi connectivity index (χ1n) is 18.1. The standard InChI is InChI=1S/C37H56N5O10.Y/c1-5-12-27(33(46)36(49)38-20-30(45)42-32(37(50)51)26-15-10-7-11-16-26)39-34(47)28(19-23(2)3)40-35(48)31(25-13-8-6-9-14-25)41-29(44)18-17-24(4)21-52-22-43;/h7,10-11,15-17,23-25,27-28,31-32,43H,5-6,8-9,12-14,18-22H2,1-4H3,(H,38,49)(H,39,47)(H,40,48)(H,41,44)(H,42,45)(H,50,51);/q-1;/t24?,27?,28-,31-,32-;/m0./s1. The van der Waals surface area contributed by atoms with E-state index >= 15 is 0 Å². The Morgan fingerprint density at radius 1 is 0.868 bits per heavy atom. The molecule has 1 aliphatic carbocycles. The maximum Gasteiger partial charge on any atom is 0.330 e. The van der Waals surface area contributed by atoms with Gasteiger partial charge in [-0.2, -0.15) is 0 Å². The normalized spacial score (nSPS) is 15.7. The molecule has 1 fully saturated rings. The van der Waals surface area contributed by atoms with Crippen molar-refractivity contribution >= 4 is 41.3 Å². The molecule has 0 heterocycles. The van der Waals surface area contributed by atoms with Crippen LogP contribution < -0.4 is 26.6 Å². The van der Waals surface area contributed by atoms with Crippen molar-refractivity contribution in [1.82, 2.24) is 26.6 Å². The van der Waals surface area contributed by atoms with E-state index in [1.165, 1.54) is 12.1 Å². The number of amides is 5. The van der Waals surface area contributed by atoms with E-state index in [0.717, 1.165) is 32.1 Å². The van der Waals surface area contributed by atoms with E-state index in [1.54, 1.807) is 31.5 Å². The molecule has 15 nitrogen and oxygen atoms in total. The summed E-state index contributed by atoms with van der Waals surface area (Å²) in [7, 11) is 0. The van der Waals surface area contributed by atoms with Gasteiger partial charge in [0.05, 0.1) is 12.6 Å². The van der Waals surface area contributed by atoms with E-state index in [4.69, 9.17) is 9.84 Å². The number of rotatable bonds is 23. The first-order chi connectivity index (χ1) is 24.8. The summed E-state index contributed by atoms with van der Waals surface area (Å²) in [6, 6.07) is 3.38. The third kappa shape index (κ3) is 17.6. The number of Topliss-reactive ketones (excluding diaryl/α,β-unsaturated/α-hetero) is 1. The average Bonchev–Trinajstić information content (AvgIpc) is 3.12. The van der Waals surface area contributed by atoms with Gasteiger partial charge >= 0.3 is 5.97 Å². The molecule has 1 radical (unpaired) electrons. The van der Waals surface area contributed by atoms with Crippen molar-refractivity contribution < 1.29 is 81.2 Å². The Morgan fingerprint density at radius 3 is 2.09 bits per heavy atom. The van der Waals surface area contributed by atoms with Gasteiger partial charge in [0.15, 0.2) is 11.9 Å². The predicted molar refractivity (Wildman–Crippen MR) is 191 cm³/mol. The summed E-state index contributed by atoms with van der Waals surface area (Å²) in [4.78, 5) is 90.7. The van der Waals surface area contributed by atoms with Crippen molar-refractivity contribution in [3.05, 3.63) is 42.3 Å². The van der Waals surface area contributed by atoms with Gasteiger partial charge in [-0.05, 0) is 43.1 Å². The molecule has 1 saturated carbocycles. The van der Waals surface area contributed by atoms with Crippen LogP contribution in [0, 0.1) is 24.2 Å². The van der Waals surface area contributed by atoms with Gasteiger partial charge in [-0.1, -0.05) is 90.1 Å². The van der Waals surface area contributed by atoms with Crippen molar-refractivity contribution in [3.63, 3.8) is 0 Å². The molecule has 7 N–H and O–H groups in total. The first-order valence-corrected chi connectivity index (χ1v) is 18.1. The average molecular weight is 820 g/mol. The number of aliphatic hydroxyl groups excluding tert-OH is 1. The van der Waals surface area contributed by atoms with Crippen LogP contribution in [0.3, 0.4) is 0 Å². The minimum Gasteiger partial charge on any atom is -0.479 e. The van der Waals surface area contributed by atoms with Crippen LogP contribution in [0.2, 0.25) is 0 Å². The second-order valence-corrected chi connectivity index (χ2v) is 13.7. The number of hydrogen-bond donors (Lipinski definition) is 7. The third-order valence-electron chi connectivity index (χ3n) is 8.77. The van der Waals surface area contributed by atoms with Crippen LogP contribution in [0.15, 0.2) is 30.3 Å². The van der Waals surface area contributed by atoms with Gasteiger partial charge in [0.25, 0.3) is 5.91 Å². The molecule has 0 bridgehead atoms. The first kappa shape index (κ1) is 47.8. The number of aliphatic carboxylic acids is 1. The van der Waals surface area contributed by atoms with Crippen LogP contribution in [-0.4, -0.2) is 89.6 Å². The number of carbonyl (C=O) groups excluding carboxylic acids is 6. The van der Waals surface area contributed by atoms with E-state index in [2.05, 4.69) is 26.6 Å². The van der Waals surface area contributed by atoms with E-state index in [0.29, 0.717) is 12.0 Å². The molecular formula is C37H56N5O10Y-. The zero-order valence-electron chi connectivity index (χ0n) is 31.2. The fourth-order valence-corrected chi connectivity index (χ4v) is 6.06. The predicted octanol–water partition coefficient (Wildman–Crippen LogP) is 1.69. The number of carboxylic acid groups (broad SMARTS) is 1. The van der Waals surface area contributed by atoms with Crippen molar-refractivity contribution in [2.24, 2.45) is 17.8 Å². The Bertz CT molecular complexity index is 1340. The molecule has 0 aromatic heterocycles. The molecular weight excluding hydrogens is 763 g/mol. The van der Waals surface area contributed by atoms with E-state index in [-0.39, 0.29) is 82.2 Å². The molecule has 0 aliphatic heterocycles. The topological polar surface area (TPSA) is 229 Å². The monoisotopic (exact) mass is 819 g/mol. The van der Waals surface area contributed by atoms with Gasteiger partial charge in [-0.15, -0.1) is 5.92 Å². The summed E-state index contributed by atoms with van der Waals surface area (Å²) in [5.74, 6) is -6.14. The summed E-state index contributed by atoms with van der Waals surface area (Å²) in [6.07, 6.45) is 6.78. The molecule has 1 aromatic carbocycles. The second kappa shape index (κ2) is 25.7. The molecule has 53 heavy (non-hydrogen) atoms. The minimum absolute atomic E-state index is 0. The maximum absolute atomic E-state index is 13.8. The fourth-order valence-electron chi connectivity index (χ4n) is 6.06. The summed E-state index contributed by atoms with van der Waals surface area (Å²) in [5, 5.41) is 31.2. The van der Waals surface area contributed by atoms with Gasteiger partial charge in [0, 0.05) is 39.3 Å².